The Morgan fingerprint density at radius 1 is 0.806 bits per heavy atom. The molecule has 6 heteroatoms. The number of phenolic OH excluding ortho intramolecular Hbond substituents is 2. The van der Waals surface area contributed by atoms with Crippen molar-refractivity contribution in [3.63, 3.8) is 0 Å². The molecule has 0 radical (unpaired) electrons. The summed E-state index contributed by atoms with van der Waals surface area (Å²) in [4.78, 5) is 13.8. The zero-order valence-corrected chi connectivity index (χ0v) is 19.2. The van der Waals surface area contributed by atoms with Gasteiger partial charge >= 0.3 is 0 Å². The molecule has 2 N–H and O–H groups in total. The van der Waals surface area contributed by atoms with E-state index in [-0.39, 0.29) is 33.8 Å². The third kappa shape index (κ3) is 4.29. The maximum atomic E-state index is 13.8. The van der Waals surface area contributed by atoms with Gasteiger partial charge in [0.05, 0.1) is 19.6 Å². The minimum absolute atomic E-state index is 0.0327. The summed E-state index contributed by atoms with van der Waals surface area (Å²) in [6.45, 7) is 8.41. The highest BCUT2D eigenvalue weighted by Gasteiger charge is 2.24. The van der Waals surface area contributed by atoms with E-state index in [9.17, 15) is 15.0 Å². The number of rotatable bonds is 8. The summed E-state index contributed by atoms with van der Waals surface area (Å²) >= 11 is 0. The minimum atomic E-state index is -0.254. The van der Waals surface area contributed by atoms with Crippen LogP contribution in [0, 0.1) is 11.8 Å². The molecule has 0 fully saturated rings. The van der Waals surface area contributed by atoms with Crippen molar-refractivity contribution in [3.8, 4) is 23.0 Å². The molecule has 31 heavy (non-hydrogen) atoms. The minimum Gasteiger partial charge on any atom is -0.507 e. The van der Waals surface area contributed by atoms with Crippen LogP contribution in [0.3, 0.4) is 0 Å². The standard InChI is InChI=1S/C25H32O6/c1-13(2)7-9-15-17(26)11-20-22(25(15)30-6)23(28)21-16(10-8-14(3)4)24(29-5)18(27)12-19(21)31-20/h11-14,26-27H,7-10H2,1-6H3. The van der Waals surface area contributed by atoms with E-state index in [1.807, 2.05) is 0 Å². The fourth-order valence-electron chi connectivity index (χ4n) is 4.01. The van der Waals surface area contributed by atoms with E-state index < -0.39 is 0 Å². The number of aromatic hydroxyl groups is 2. The zero-order chi connectivity index (χ0) is 22.9. The lowest BCUT2D eigenvalue weighted by Crippen LogP contribution is -2.10. The summed E-state index contributed by atoms with van der Waals surface area (Å²) < 4.78 is 17.1. The van der Waals surface area contributed by atoms with Crippen LogP contribution in [-0.2, 0) is 12.8 Å². The second kappa shape index (κ2) is 9.08. The van der Waals surface area contributed by atoms with Gasteiger partial charge in [-0.25, -0.2) is 0 Å². The van der Waals surface area contributed by atoms with Gasteiger partial charge < -0.3 is 24.1 Å². The van der Waals surface area contributed by atoms with E-state index >= 15 is 0 Å². The van der Waals surface area contributed by atoms with Gasteiger partial charge in [0.25, 0.3) is 0 Å². The number of hydrogen-bond acceptors (Lipinski definition) is 6. The molecule has 1 aromatic heterocycles. The van der Waals surface area contributed by atoms with Gasteiger partial charge in [-0.15, -0.1) is 0 Å². The molecule has 0 atom stereocenters. The molecule has 2 aromatic carbocycles. The Labute approximate surface area is 182 Å². The Morgan fingerprint density at radius 2 is 1.32 bits per heavy atom. The Hall–Kier alpha value is -2.89. The van der Waals surface area contributed by atoms with Crippen LogP contribution in [0.25, 0.3) is 21.9 Å². The monoisotopic (exact) mass is 428 g/mol. The Balaban J connectivity index is 2.40. The Kier molecular flexibility index (Phi) is 6.68. The van der Waals surface area contributed by atoms with Crippen LogP contribution in [0.5, 0.6) is 23.0 Å². The molecule has 0 unspecified atom stereocenters. The van der Waals surface area contributed by atoms with E-state index in [0.717, 1.165) is 12.8 Å². The van der Waals surface area contributed by atoms with Crippen molar-refractivity contribution in [3.05, 3.63) is 33.5 Å². The first-order valence-corrected chi connectivity index (χ1v) is 10.8. The predicted molar refractivity (Wildman–Crippen MR) is 123 cm³/mol. The first kappa shape index (κ1) is 22.8. The van der Waals surface area contributed by atoms with Gasteiger partial charge in [-0.1, -0.05) is 27.7 Å². The van der Waals surface area contributed by atoms with E-state index in [1.54, 1.807) is 0 Å². The summed E-state index contributed by atoms with van der Waals surface area (Å²) in [6, 6.07) is 2.85. The third-order valence-corrected chi connectivity index (χ3v) is 5.67. The molecule has 0 bridgehead atoms. The van der Waals surface area contributed by atoms with Crippen LogP contribution < -0.4 is 14.9 Å². The molecule has 0 amide bonds. The van der Waals surface area contributed by atoms with Gasteiger partial charge in [-0.05, 0) is 37.5 Å². The molecule has 0 aliphatic rings. The smallest absolute Gasteiger partial charge is 0.204 e. The van der Waals surface area contributed by atoms with Crippen molar-refractivity contribution < 1.29 is 24.1 Å². The van der Waals surface area contributed by atoms with E-state index in [4.69, 9.17) is 13.9 Å². The second-order valence-electron chi connectivity index (χ2n) is 8.86. The third-order valence-electron chi connectivity index (χ3n) is 5.67. The maximum Gasteiger partial charge on any atom is 0.204 e. The van der Waals surface area contributed by atoms with Crippen LogP contribution in [0.2, 0.25) is 0 Å². The lowest BCUT2D eigenvalue weighted by atomic mass is 9.95. The number of methoxy groups -OCH3 is 2. The molecule has 3 rings (SSSR count). The lowest BCUT2D eigenvalue weighted by molar-refractivity contribution is 0.368. The molecule has 168 valence electrons. The molecule has 3 aromatic rings. The van der Waals surface area contributed by atoms with Gasteiger partial charge in [-0.3, -0.25) is 4.79 Å². The molecule has 0 saturated heterocycles. The summed E-state index contributed by atoms with van der Waals surface area (Å²) in [5.74, 6) is 1.42. The number of aryl methyl sites for hydroxylation is 1. The van der Waals surface area contributed by atoms with Gasteiger partial charge in [-0.2, -0.15) is 0 Å². The quantitative estimate of drug-likeness (QED) is 0.457. The highest BCUT2D eigenvalue weighted by molar-refractivity contribution is 5.97. The van der Waals surface area contributed by atoms with E-state index in [0.29, 0.717) is 52.3 Å². The Morgan fingerprint density at radius 3 is 1.87 bits per heavy atom. The summed E-state index contributed by atoms with van der Waals surface area (Å²) in [5, 5.41) is 21.8. The molecule has 0 spiro atoms. The Bertz CT molecular complexity index is 1160. The fourth-order valence-corrected chi connectivity index (χ4v) is 4.01. The largest absolute Gasteiger partial charge is 0.507 e. The normalized spacial score (nSPS) is 11.7. The molecule has 0 saturated carbocycles. The van der Waals surface area contributed by atoms with Crippen LogP contribution in [-0.4, -0.2) is 24.4 Å². The topological polar surface area (TPSA) is 89.1 Å². The second-order valence-corrected chi connectivity index (χ2v) is 8.86. The highest BCUT2D eigenvalue weighted by Crippen LogP contribution is 2.41. The van der Waals surface area contributed by atoms with Crippen LogP contribution in [0.1, 0.15) is 51.7 Å². The van der Waals surface area contributed by atoms with Gasteiger partial charge in [0, 0.05) is 23.3 Å². The summed E-state index contributed by atoms with van der Waals surface area (Å²) in [7, 11) is 2.97. The number of ether oxygens (including phenoxy) is 2. The predicted octanol–water partition coefficient (Wildman–Crippen LogP) is 5.55. The summed E-state index contributed by atoms with van der Waals surface area (Å²) in [5.41, 5.74) is 1.45. The number of hydrogen-bond donors (Lipinski definition) is 2. The number of phenols is 2. The van der Waals surface area contributed by atoms with E-state index in [2.05, 4.69) is 27.7 Å². The average Bonchev–Trinajstić information content (AvgIpc) is 2.69. The molecule has 6 nitrogen and oxygen atoms in total. The van der Waals surface area contributed by atoms with Gasteiger partial charge in [0.2, 0.25) is 5.43 Å². The molecular formula is C25H32O6. The highest BCUT2D eigenvalue weighted by atomic mass is 16.5. The molecule has 0 aliphatic carbocycles. The molecular weight excluding hydrogens is 396 g/mol. The van der Waals surface area contributed by atoms with Gasteiger partial charge in [0.1, 0.15) is 28.1 Å². The van der Waals surface area contributed by atoms with Crippen LogP contribution >= 0.6 is 0 Å². The van der Waals surface area contributed by atoms with Gasteiger partial charge in [0.15, 0.2) is 11.5 Å². The molecule has 1 heterocycles. The van der Waals surface area contributed by atoms with Crippen molar-refractivity contribution >= 4 is 21.9 Å². The first-order valence-electron chi connectivity index (χ1n) is 10.8. The first-order chi connectivity index (χ1) is 14.7. The number of fused-ring (bicyclic) bond motifs is 2. The van der Waals surface area contributed by atoms with Crippen molar-refractivity contribution in [2.24, 2.45) is 11.8 Å². The fraction of sp³-hybridized carbons (Fsp3) is 0.480. The zero-order valence-electron chi connectivity index (χ0n) is 19.2. The SMILES string of the molecule is COc1c(O)cc2oc3cc(O)c(CCC(C)C)c(OC)c3c(=O)c2c1CCC(C)C. The van der Waals surface area contributed by atoms with Crippen molar-refractivity contribution in [2.45, 2.75) is 53.4 Å². The van der Waals surface area contributed by atoms with Crippen molar-refractivity contribution in [1.29, 1.82) is 0 Å². The maximum absolute atomic E-state index is 13.8. The van der Waals surface area contributed by atoms with E-state index in [1.165, 1.54) is 26.4 Å². The van der Waals surface area contributed by atoms with Crippen molar-refractivity contribution in [1.82, 2.24) is 0 Å². The molecule has 0 aliphatic heterocycles. The van der Waals surface area contributed by atoms with Crippen LogP contribution in [0.15, 0.2) is 21.3 Å². The summed E-state index contributed by atoms with van der Waals surface area (Å²) in [6.07, 6.45) is 2.80. The number of benzene rings is 2. The lowest BCUT2D eigenvalue weighted by Gasteiger charge is -2.17. The van der Waals surface area contributed by atoms with Crippen molar-refractivity contribution in [2.75, 3.05) is 14.2 Å². The van der Waals surface area contributed by atoms with Crippen LogP contribution in [0.4, 0.5) is 0 Å². The average molecular weight is 429 g/mol.